The summed E-state index contributed by atoms with van der Waals surface area (Å²) in [5, 5.41) is 13.1. The molecule has 0 unspecified atom stereocenters. The molecule has 0 saturated carbocycles. The minimum Gasteiger partial charge on any atom is -0.491 e. The summed E-state index contributed by atoms with van der Waals surface area (Å²) < 4.78 is 102. The first kappa shape index (κ1) is 31.3. The van der Waals surface area contributed by atoms with Crippen molar-refractivity contribution in [1.29, 1.82) is 0 Å². The van der Waals surface area contributed by atoms with Gasteiger partial charge in [-0.05, 0) is 55.5 Å². The van der Waals surface area contributed by atoms with Gasteiger partial charge in [-0.3, -0.25) is 9.59 Å². The monoisotopic (exact) mass is 612 g/mol. The number of aromatic nitrogens is 2. The molecule has 0 spiro atoms. The molecule has 2 amide bonds. The van der Waals surface area contributed by atoms with Crippen molar-refractivity contribution >= 4 is 22.7 Å². The average molecular weight is 613 g/mol. The van der Waals surface area contributed by atoms with E-state index in [4.69, 9.17) is 10.5 Å². The number of nitrogens with zero attached hydrogens (tertiary/aromatic N) is 1. The summed E-state index contributed by atoms with van der Waals surface area (Å²) in [5.41, 5.74) is -1.40. The smallest absolute Gasteiger partial charge is 0.424 e. The second-order valence-corrected chi connectivity index (χ2v) is 9.45. The van der Waals surface area contributed by atoms with Crippen LogP contribution in [-0.4, -0.2) is 46.2 Å². The lowest BCUT2D eigenvalue weighted by atomic mass is 9.93. The van der Waals surface area contributed by atoms with Gasteiger partial charge in [-0.25, -0.2) is 9.37 Å². The van der Waals surface area contributed by atoms with Crippen LogP contribution in [0.25, 0.3) is 22.2 Å². The van der Waals surface area contributed by atoms with Crippen LogP contribution < -0.4 is 15.8 Å². The molecule has 0 saturated heterocycles. The molecule has 228 valence electrons. The molecule has 8 nitrogen and oxygen atoms in total. The van der Waals surface area contributed by atoms with Gasteiger partial charge < -0.3 is 25.9 Å². The summed E-state index contributed by atoms with van der Waals surface area (Å²) in [7, 11) is 0. The average Bonchev–Trinajstić information content (AvgIpc) is 3.35. The van der Waals surface area contributed by atoms with Crippen LogP contribution in [0.3, 0.4) is 0 Å². The number of benzene rings is 2. The zero-order valence-electron chi connectivity index (χ0n) is 22.2. The molecule has 0 fully saturated rings. The number of primary amides is 1. The summed E-state index contributed by atoms with van der Waals surface area (Å²) in [6.45, 7) is 0.0693. The summed E-state index contributed by atoms with van der Waals surface area (Å²) >= 11 is 0. The van der Waals surface area contributed by atoms with Crippen LogP contribution in [0.15, 0.2) is 54.6 Å². The van der Waals surface area contributed by atoms with Crippen molar-refractivity contribution in [3.05, 3.63) is 82.9 Å². The van der Waals surface area contributed by atoms with E-state index in [0.717, 1.165) is 42.5 Å². The lowest BCUT2D eigenvalue weighted by Crippen LogP contribution is -2.51. The fourth-order valence-corrected chi connectivity index (χ4v) is 4.29. The molecule has 43 heavy (non-hydrogen) atoms. The van der Waals surface area contributed by atoms with Gasteiger partial charge in [-0.2, -0.15) is 26.3 Å². The lowest BCUT2D eigenvalue weighted by molar-refractivity contribution is -0.265. The van der Waals surface area contributed by atoms with E-state index in [1.165, 1.54) is 12.1 Å². The number of aliphatic hydroxyl groups is 1. The zero-order valence-corrected chi connectivity index (χ0v) is 22.2. The number of hydrogen-bond donors (Lipinski definition) is 4. The maximum Gasteiger partial charge on any atom is 0.424 e. The highest BCUT2D eigenvalue weighted by atomic mass is 19.4. The van der Waals surface area contributed by atoms with E-state index in [1.54, 1.807) is 6.92 Å². The van der Waals surface area contributed by atoms with Crippen LogP contribution in [0.4, 0.5) is 30.7 Å². The van der Waals surface area contributed by atoms with Crippen LogP contribution in [0.2, 0.25) is 0 Å². The predicted molar refractivity (Wildman–Crippen MR) is 139 cm³/mol. The van der Waals surface area contributed by atoms with E-state index in [-0.39, 0.29) is 45.8 Å². The topological polar surface area (TPSA) is 130 Å². The number of halogens is 7. The van der Waals surface area contributed by atoms with Crippen molar-refractivity contribution in [2.45, 2.75) is 31.3 Å². The number of aromatic amines is 1. The SMILES string of the molecule is CCOc1c(CC(N)=O)cc([C@@](O)(CNC(=O)c2cc3ccc(C(F)(F)F)cc3[nH]2)C(F)(F)F)nc1-c1ccc(F)cc1. The number of hydrogen-bond acceptors (Lipinski definition) is 5. The number of nitrogens with two attached hydrogens (primary N) is 1. The van der Waals surface area contributed by atoms with Gasteiger partial charge in [-0.1, -0.05) is 6.07 Å². The number of nitrogens with one attached hydrogen (secondary N) is 2. The molecule has 1 atom stereocenters. The Morgan fingerprint density at radius 1 is 1.02 bits per heavy atom. The van der Waals surface area contributed by atoms with Crippen molar-refractivity contribution < 1.29 is 50.2 Å². The first-order chi connectivity index (χ1) is 20.0. The van der Waals surface area contributed by atoms with Crippen molar-refractivity contribution in [3.8, 4) is 17.0 Å². The Morgan fingerprint density at radius 3 is 2.28 bits per heavy atom. The van der Waals surface area contributed by atoms with Crippen LogP contribution in [0.1, 0.15) is 34.2 Å². The zero-order chi connectivity index (χ0) is 31.7. The van der Waals surface area contributed by atoms with Crippen LogP contribution in [-0.2, 0) is 23.0 Å². The number of pyridine rings is 1. The quantitative estimate of drug-likeness (QED) is 0.198. The van der Waals surface area contributed by atoms with Gasteiger partial charge in [0.15, 0.2) is 0 Å². The number of carbonyl (C=O) groups is 2. The van der Waals surface area contributed by atoms with Gasteiger partial charge in [0.25, 0.3) is 5.91 Å². The molecular formula is C28H23F7N4O4. The van der Waals surface area contributed by atoms with Crippen molar-refractivity contribution in [3.63, 3.8) is 0 Å². The Morgan fingerprint density at radius 2 is 1.70 bits per heavy atom. The van der Waals surface area contributed by atoms with Gasteiger partial charge >= 0.3 is 12.4 Å². The number of carbonyl (C=O) groups excluding carboxylic acids is 2. The molecule has 0 radical (unpaired) electrons. The predicted octanol–water partition coefficient (Wildman–Crippen LogP) is 4.99. The van der Waals surface area contributed by atoms with E-state index in [1.807, 2.05) is 5.32 Å². The third-order valence-electron chi connectivity index (χ3n) is 6.41. The standard InChI is InChI=1S/C28H23F7N4O4/c1-2-43-24-16(11-22(36)40)10-21(39-23(24)14-4-7-18(29)8-5-14)26(42,28(33,34)35)13-37-25(41)20-9-15-3-6-17(27(30,31)32)12-19(15)38-20/h3-10,12,38,42H,2,11,13H2,1H3,(H2,36,40)(H,37,41)/t26-/m0/s1. The fraction of sp³-hybridized carbons (Fsp3) is 0.250. The number of ether oxygens (including phenoxy) is 1. The van der Waals surface area contributed by atoms with E-state index >= 15 is 0 Å². The Hall–Kier alpha value is -4.66. The van der Waals surface area contributed by atoms with Gasteiger partial charge in [0.05, 0.1) is 30.8 Å². The Bertz CT molecular complexity index is 1670. The molecule has 0 aliphatic carbocycles. The molecule has 5 N–H and O–H groups in total. The molecule has 15 heteroatoms. The highest BCUT2D eigenvalue weighted by Crippen LogP contribution is 2.42. The van der Waals surface area contributed by atoms with Gasteiger partial charge in [0.1, 0.15) is 23.0 Å². The first-order valence-corrected chi connectivity index (χ1v) is 12.5. The van der Waals surface area contributed by atoms with E-state index < -0.39 is 59.8 Å². The Kier molecular flexibility index (Phi) is 8.40. The fourth-order valence-electron chi connectivity index (χ4n) is 4.29. The van der Waals surface area contributed by atoms with E-state index in [0.29, 0.717) is 0 Å². The van der Waals surface area contributed by atoms with Gasteiger partial charge in [-0.15, -0.1) is 0 Å². The number of alkyl halides is 6. The largest absolute Gasteiger partial charge is 0.491 e. The third-order valence-corrected chi connectivity index (χ3v) is 6.41. The number of amides is 2. The highest BCUT2D eigenvalue weighted by molar-refractivity contribution is 5.98. The molecule has 2 aromatic carbocycles. The van der Waals surface area contributed by atoms with Crippen LogP contribution >= 0.6 is 0 Å². The normalized spacial score (nSPS) is 13.5. The maximum absolute atomic E-state index is 14.5. The first-order valence-electron chi connectivity index (χ1n) is 12.5. The molecule has 0 aliphatic heterocycles. The van der Waals surface area contributed by atoms with Crippen LogP contribution in [0.5, 0.6) is 5.75 Å². The summed E-state index contributed by atoms with van der Waals surface area (Å²) in [4.78, 5) is 31.0. The Labute approximate surface area is 238 Å². The van der Waals surface area contributed by atoms with E-state index in [9.17, 15) is 45.4 Å². The lowest BCUT2D eigenvalue weighted by Gasteiger charge is -2.31. The van der Waals surface area contributed by atoms with Gasteiger partial charge in [0.2, 0.25) is 11.5 Å². The molecule has 2 aromatic heterocycles. The minimum absolute atomic E-state index is 0.00442. The summed E-state index contributed by atoms with van der Waals surface area (Å²) in [5.74, 6) is -2.90. The second-order valence-electron chi connectivity index (χ2n) is 9.45. The number of fused-ring (bicyclic) bond motifs is 1. The van der Waals surface area contributed by atoms with Crippen molar-refractivity contribution in [1.82, 2.24) is 15.3 Å². The number of rotatable bonds is 9. The molecule has 4 aromatic rings. The van der Waals surface area contributed by atoms with Crippen LogP contribution in [0, 0.1) is 5.82 Å². The molecule has 0 bridgehead atoms. The summed E-state index contributed by atoms with van der Waals surface area (Å²) in [6.07, 6.45) is -10.7. The Balaban J connectivity index is 1.76. The van der Waals surface area contributed by atoms with Crippen molar-refractivity contribution in [2.24, 2.45) is 5.73 Å². The highest BCUT2D eigenvalue weighted by Gasteiger charge is 2.56. The van der Waals surface area contributed by atoms with Crippen molar-refractivity contribution in [2.75, 3.05) is 13.2 Å². The van der Waals surface area contributed by atoms with E-state index in [2.05, 4.69) is 9.97 Å². The van der Waals surface area contributed by atoms with Gasteiger partial charge in [0, 0.05) is 22.0 Å². The minimum atomic E-state index is -5.45. The summed E-state index contributed by atoms with van der Waals surface area (Å²) in [6, 6.07) is 8.92. The number of H-pyrrole nitrogens is 1. The molecule has 2 heterocycles. The maximum atomic E-state index is 14.5. The third kappa shape index (κ3) is 6.56. The molecule has 4 rings (SSSR count). The molecular weight excluding hydrogens is 589 g/mol. The second kappa shape index (κ2) is 11.6. The molecule has 0 aliphatic rings.